The summed E-state index contributed by atoms with van der Waals surface area (Å²) in [6.45, 7) is 9.19. The molecule has 0 radical (unpaired) electrons. The number of likely N-dealkylation sites (N-methyl/N-ethyl adjacent to an activating group) is 1. The molecule has 1 aliphatic heterocycles. The van der Waals surface area contributed by atoms with Gasteiger partial charge in [-0.15, -0.1) is 0 Å². The van der Waals surface area contributed by atoms with E-state index in [9.17, 15) is 9.50 Å². The van der Waals surface area contributed by atoms with Crippen LogP contribution in [0.25, 0.3) is 22.3 Å². The number of aliphatic hydroxyl groups excluding tert-OH is 1. The summed E-state index contributed by atoms with van der Waals surface area (Å²) < 4.78 is 16.9. The van der Waals surface area contributed by atoms with Crippen molar-refractivity contribution in [2.75, 3.05) is 45.6 Å². The number of nitrogens with zero attached hydrogens (tertiary/aromatic N) is 6. The average molecular weight is 536 g/mol. The quantitative estimate of drug-likeness (QED) is 0.409. The van der Waals surface area contributed by atoms with Crippen molar-refractivity contribution in [3.63, 3.8) is 0 Å². The molecule has 3 aromatic rings. The predicted octanol–water partition coefficient (Wildman–Crippen LogP) is 3.15. The number of imidazole rings is 1. The first-order valence-electron chi connectivity index (χ1n) is 12.0. The topological polar surface area (TPSA) is 120 Å². The number of anilines is 1. The van der Waals surface area contributed by atoms with E-state index >= 15 is 0 Å². The molecule has 4 rings (SSSR count). The highest BCUT2D eigenvalue weighted by Crippen LogP contribution is 2.32. The van der Waals surface area contributed by atoms with E-state index in [1.807, 2.05) is 45.5 Å². The Morgan fingerprint density at radius 1 is 1.30 bits per heavy atom. The Hall–Kier alpha value is -2.86. The van der Waals surface area contributed by atoms with Crippen LogP contribution in [0.2, 0.25) is 5.02 Å². The maximum absolute atomic E-state index is 14.9. The second-order valence-electron chi connectivity index (χ2n) is 10.3. The number of likely N-dealkylation sites (tertiary alicyclic amines) is 1. The number of fused-ring (bicyclic) bond motifs is 1. The number of aromatic nitrogens is 4. The highest BCUT2D eigenvalue weighted by molar-refractivity contribution is 6.33. The van der Waals surface area contributed by atoms with Crippen LogP contribution >= 0.6 is 11.6 Å². The summed E-state index contributed by atoms with van der Waals surface area (Å²) >= 11 is 6.43. The Balaban J connectivity index is 0.00000121. The monoisotopic (exact) mass is 535 g/mol. The average Bonchev–Trinajstić information content (AvgIpc) is 3.26. The van der Waals surface area contributed by atoms with E-state index in [1.54, 1.807) is 6.33 Å². The Labute approximate surface area is 221 Å². The van der Waals surface area contributed by atoms with Crippen LogP contribution in [0.15, 0.2) is 24.7 Å². The minimum atomic E-state index is -0.548. The van der Waals surface area contributed by atoms with Crippen molar-refractivity contribution in [2.24, 2.45) is 0 Å². The van der Waals surface area contributed by atoms with Gasteiger partial charge in [0.25, 0.3) is 6.47 Å². The molecule has 0 saturated carbocycles. The fourth-order valence-corrected chi connectivity index (χ4v) is 4.46. The van der Waals surface area contributed by atoms with Gasteiger partial charge >= 0.3 is 0 Å². The number of hydrogen-bond acceptors (Lipinski definition) is 8. The normalized spacial score (nSPS) is 18.5. The number of nitrogens with one attached hydrogen (secondary N) is 1. The summed E-state index contributed by atoms with van der Waals surface area (Å²) in [7, 11) is 4.08. The third-order valence-corrected chi connectivity index (χ3v) is 6.47. The fourth-order valence-electron chi connectivity index (χ4n) is 4.26. The van der Waals surface area contributed by atoms with Crippen molar-refractivity contribution in [1.29, 1.82) is 0 Å². The Kier molecular flexibility index (Phi) is 9.41. The second kappa shape index (κ2) is 12.1. The molecule has 3 heterocycles. The lowest BCUT2D eigenvalue weighted by Gasteiger charge is -2.36. The number of β-amino-alcohol motifs (C(OH)–C–C–N with tert-alkyl or cyclic N) is 1. The maximum atomic E-state index is 14.9. The number of hydrogen-bond donors (Lipinski definition) is 3. The molecule has 3 N–H and O–H groups in total. The van der Waals surface area contributed by atoms with Gasteiger partial charge in [0, 0.05) is 37.3 Å². The van der Waals surface area contributed by atoms with Crippen molar-refractivity contribution in [3.8, 4) is 11.3 Å². The van der Waals surface area contributed by atoms with Gasteiger partial charge in [-0.2, -0.15) is 0 Å². The molecule has 0 bridgehead atoms. The van der Waals surface area contributed by atoms with E-state index in [2.05, 4.69) is 30.1 Å². The third kappa shape index (κ3) is 7.13. The predicted molar refractivity (Wildman–Crippen MR) is 142 cm³/mol. The van der Waals surface area contributed by atoms with Crippen molar-refractivity contribution in [3.05, 3.63) is 35.5 Å². The van der Waals surface area contributed by atoms with Gasteiger partial charge in [0.05, 0.1) is 40.9 Å². The van der Waals surface area contributed by atoms with Gasteiger partial charge in [0.2, 0.25) is 5.95 Å². The lowest BCUT2D eigenvalue weighted by Crippen LogP contribution is -2.51. The molecule has 37 heavy (non-hydrogen) atoms. The lowest BCUT2D eigenvalue weighted by molar-refractivity contribution is -0.122. The standard InChI is InChI=1S/C24H33ClFN7O.CH2O2/c1-24(2,3)33-14-28-22-17(26)10-15(11-19(22)33)21-16(25)12-27-23(30-21)29-18-6-7-32(13-20(18)34)9-8-31(4)5;2-1-3/h10-12,14,18,20,34H,6-9,13H2,1-5H3,(H,27,29,30);1H,(H,2,3)/t18-,20-;/m1./s1. The fraction of sp³-hybridized carbons (Fsp3) is 0.520. The summed E-state index contributed by atoms with van der Waals surface area (Å²) in [6.07, 6.45) is 3.38. The number of carboxylic acid groups (broad SMARTS) is 1. The molecule has 0 spiro atoms. The van der Waals surface area contributed by atoms with Gasteiger partial charge in [0.15, 0.2) is 5.82 Å². The van der Waals surface area contributed by atoms with Gasteiger partial charge in [-0.05, 0) is 53.4 Å². The molecule has 1 saturated heterocycles. The van der Waals surface area contributed by atoms with E-state index < -0.39 is 11.9 Å². The first-order valence-corrected chi connectivity index (χ1v) is 12.4. The Bertz CT molecular complexity index is 1210. The van der Waals surface area contributed by atoms with Crippen molar-refractivity contribution >= 4 is 35.1 Å². The molecular formula is C25H35ClFN7O3. The molecule has 2 atom stereocenters. The molecular weight excluding hydrogens is 501 g/mol. The lowest BCUT2D eigenvalue weighted by atomic mass is 10.0. The van der Waals surface area contributed by atoms with E-state index in [4.69, 9.17) is 21.5 Å². The van der Waals surface area contributed by atoms with Crippen molar-refractivity contribution < 1.29 is 19.4 Å². The smallest absolute Gasteiger partial charge is 0.290 e. The summed E-state index contributed by atoms with van der Waals surface area (Å²) in [5.74, 6) is -0.0739. The number of piperidine rings is 1. The minimum Gasteiger partial charge on any atom is -0.483 e. The highest BCUT2D eigenvalue weighted by atomic mass is 35.5. The van der Waals surface area contributed by atoms with Gasteiger partial charge in [-0.3, -0.25) is 9.69 Å². The molecule has 0 aliphatic carbocycles. The van der Waals surface area contributed by atoms with Crippen LogP contribution in [0.1, 0.15) is 27.2 Å². The van der Waals surface area contributed by atoms with Crippen LogP contribution in [-0.4, -0.2) is 98.4 Å². The minimum absolute atomic E-state index is 0.175. The second-order valence-corrected chi connectivity index (χ2v) is 10.7. The van der Waals surface area contributed by atoms with Crippen LogP contribution in [0.4, 0.5) is 10.3 Å². The zero-order valence-corrected chi connectivity index (χ0v) is 22.6. The number of carbonyl (C=O) groups is 1. The summed E-state index contributed by atoms with van der Waals surface area (Å²) in [5.41, 5.74) is 1.70. The van der Waals surface area contributed by atoms with E-state index in [-0.39, 0.29) is 18.1 Å². The third-order valence-electron chi connectivity index (χ3n) is 6.19. The van der Waals surface area contributed by atoms with Crippen LogP contribution < -0.4 is 5.32 Å². The Morgan fingerprint density at radius 3 is 2.62 bits per heavy atom. The SMILES string of the molecule is CN(C)CCN1CC[C@@H](Nc2ncc(Cl)c(-c3cc(F)c4ncn(C(C)(C)C)c4c3)n2)[C@H](O)C1.O=CO. The number of halogens is 2. The summed E-state index contributed by atoms with van der Waals surface area (Å²) in [4.78, 5) is 25.9. The largest absolute Gasteiger partial charge is 0.483 e. The molecule has 12 heteroatoms. The van der Waals surface area contributed by atoms with Gasteiger partial charge < -0.3 is 25.0 Å². The maximum Gasteiger partial charge on any atom is 0.290 e. The molecule has 2 aromatic heterocycles. The Morgan fingerprint density at radius 2 is 2.00 bits per heavy atom. The van der Waals surface area contributed by atoms with Gasteiger partial charge in [0.1, 0.15) is 5.52 Å². The zero-order valence-electron chi connectivity index (χ0n) is 21.8. The van der Waals surface area contributed by atoms with Crippen molar-refractivity contribution in [1.82, 2.24) is 29.3 Å². The first kappa shape index (κ1) is 28.7. The molecule has 0 unspecified atom stereocenters. The number of aliphatic hydroxyl groups is 1. The van der Waals surface area contributed by atoms with E-state index in [1.165, 1.54) is 12.3 Å². The van der Waals surface area contributed by atoms with E-state index in [0.717, 1.165) is 26.1 Å². The van der Waals surface area contributed by atoms with Gasteiger partial charge in [-0.1, -0.05) is 11.6 Å². The van der Waals surface area contributed by atoms with Crippen LogP contribution in [0.5, 0.6) is 0 Å². The van der Waals surface area contributed by atoms with Crippen LogP contribution in [0, 0.1) is 5.82 Å². The molecule has 202 valence electrons. The first-order chi connectivity index (χ1) is 17.4. The molecule has 10 nitrogen and oxygen atoms in total. The number of benzene rings is 1. The van der Waals surface area contributed by atoms with Gasteiger partial charge in [-0.25, -0.2) is 19.3 Å². The van der Waals surface area contributed by atoms with Crippen LogP contribution in [0.3, 0.4) is 0 Å². The number of rotatable bonds is 6. The van der Waals surface area contributed by atoms with Crippen molar-refractivity contribution in [2.45, 2.75) is 44.9 Å². The highest BCUT2D eigenvalue weighted by Gasteiger charge is 2.28. The summed E-state index contributed by atoms with van der Waals surface area (Å²) in [5, 5.41) is 21.2. The summed E-state index contributed by atoms with van der Waals surface area (Å²) in [6, 6.07) is 3.08. The molecule has 0 amide bonds. The zero-order chi connectivity index (χ0) is 27.3. The van der Waals surface area contributed by atoms with E-state index in [0.29, 0.717) is 39.8 Å². The molecule has 1 aliphatic rings. The molecule has 1 aromatic carbocycles. The molecule has 1 fully saturated rings. The van der Waals surface area contributed by atoms with Crippen LogP contribution in [-0.2, 0) is 10.3 Å².